The van der Waals surface area contributed by atoms with Gasteiger partial charge in [-0.05, 0) is 25.5 Å². The molecule has 0 aliphatic carbocycles. The molecule has 0 saturated carbocycles. The van der Waals surface area contributed by atoms with Gasteiger partial charge >= 0.3 is 0 Å². The van der Waals surface area contributed by atoms with Crippen LogP contribution in [0.5, 0.6) is 11.5 Å². The molecule has 2 rings (SSSR count). The number of fused-ring (bicyclic) bond motifs is 1. The number of rotatable bonds is 4. The highest BCUT2D eigenvalue weighted by Gasteiger charge is 2.19. The normalized spacial score (nSPS) is 15.3. The van der Waals surface area contributed by atoms with Crippen LogP contribution in [0.4, 0.5) is 0 Å². The molecule has 0 saturated heterocycles. The van der Waals surface area contributed by atoms with Gasteiger partial charge in [0.05, 0.1) is 18.2 Å². The average molecular weight is 298 g/mol. The van der Waals surface area contributed by atoms with Crippen molar-refractivity contribution in [2.75, 3.05) is 13.2 Å². The van der Waals surface area contributed by atoms with Gasteiger partial charge in [-0.1, -0.05) is 24.9 Å². The third-order valence-electron chi connectivity index (χ3n) is 3.16. The van der Waals surface area contributed by atoms with Crippen molar-refractivity contribution in [3.63, 3.8) is 0 Å². The predicted octanol–water partition coefficient (Wildman–Crippen LogP) is 3.42. The molecule has 1 unspecified atom stereocenters. The summed E-state index contributed by atoms with van der Waals surface area (Å²) in [5.41, 5.74) is 0.502. The molecule has 1 amide bonds. The number of ether oxygens (including phenoxy) is 2. The number of carbonyl (C=O) groups is 1. The van der Waals surface area contributed by atoms with E-state index in [2.05, 4.69) is 12.2 Å². The minimum Gasteiger partial charge on any atom is -0.489 e. The lowest BCUT2D eigenvalue weighted by atomic mass is 10.1. The fourth-order valence-corrected chi connectivity index (χ4v) is 2.44. The van der Waals surface area contributed by atoms with Crippen LogP contribution >= 0.6 is 11.6 Å². The first kappa shape index (κ1) is 15.0. The maximum Gasteiger partial charge on any atom is 0.251 e. The highest BCUT2D eigenvalue weighted by molar-refractivity contribution is 6.32. The molecule has 4 nitrogen and oxygen atoms in total. The first-order valence-electron chi connectivity index (χ1n) is 7.01. The molecular weight excluding hydrogens is 278 g/mol. The Labute approximate surface area is 124 Å². The number of amides is 1. The Kier molecular flexibility index (Phi) is 5.12. The molecule has 0 spiro atoms. The van der Waals surface area contributed by atoms with Crippen LogP contribution in [-0.4, -0.2) is 25.2 Å². The second kappa shape index (κ2) is 6.84. The van der Waals surface area contributed by atoms with Crippen LogP contribution in [0.15, 0.2) is 12.1 Å². The number of benzene rings is 1. The molecule has 1 N–H and O–H groups in total. The molecule has 1 aliphatic heterocycles. The van der Waals surface area contributed by atoms with Crippen LogP contribution in [0, 0.1) is 0 Å². The second-order valence-electron chi connectivity index (χ2n) is 5.00. The van der Waals surface area contributed by atoms with Gasteiger partial charge in [0.2, 0.25) is 0 Å². The zero-order valence-corrected chi connectivity index (χ0v) is 12.6. The van der Waals surface area contributed by atoms with E-state index in [-0.39, 0.29) is 11.9 Å². The van der Waals surface area contributed by atoms with Crippen LogP contribution in [0.3, 0.4) is 0 Å². The Bertz CT molecular complexity index is 490. The van der Waals surface area contributed by atoms with Gasteiger partial charge in [-0.3, -0.25) is 4.79 Å². The molecule has 1 aromatic rings. The summed E-state index contributed by atoms with van der Waals surface area (Å²) in [6.07, 6.45) is 2.79. The summed E-state index contributed by atoms with van der Waals surface area (Å²) in [6.45, 7) is 5.23. The minimum atomic E-state index is -0.136. The average Bonchev–Trinajstić information content (AvgIpc) is 2.64. The summed E-state index contributed by atoms with van der Waals surface area (Å²) >= 11 is 6.18. The fraction of sp³-hybridized carbons (Fsp3) is 0.533. The van der Waals surface area contributed by atoms with Gasteiger partial charge in [-0.2, -0.15) is 0 Å². The van der Waals surface area contributed by atoms with Gasteiger partial charge in [0, 0.05) is 18.0 Å². The number of carbonyl (C=O) groups excluding carboxylic acids is 1. The Morgan fingerprint density at radius 3 is 2.90 bits per heavy atom. The van der Waals surface area contributed by atoms with E-state index in [1.165, 1.54) is 0 Å². The van der Waals surface area contributed by atoms with Crippen molar-refractivity contribution in [3.8, 4) is 11.5 Å². The zero-order valence-electron chi connectivity index (χ0n) is 11.9. The molecule has 0 aromatic heterocycles. The van der Waals surface area contributed by atoms with Crippen LogP contribution in [0.2, 0.25) is 5.02 Å². The predicted molar refractivity (Wildman–Crippen MR) is 78.9 cm³/mol. The van der Waals surface area contributed by atoms with Crippen molar-refractivity contribution in [2.24, 2.45) is 0 Å². The van der Waals surface area contributed by atoms with E-state index < -0.39 is 0 Å². The van der Waals surface area contributed by atoms with Crippen LogP contribution in [0.1, 0.15) is 43.5 Å². The second-order valence-corrected chi connectivity index (χ2v) is 5.41. The van der Waals surface area contributed by atoms with Crippen molar-refractivity contribution in [3.05, 3.63) is 22.7 Å². The molecule has 20 heavy (non-hydrogen) atoms. The molecule has 0 bridgehead atoms. The Morgan fingerprint density at radius 2 is 2.15 bits per heavy atom. The van der Waals surface area contributed by atoms with Crippen LogP contribution in [0.25, 0.3) is 0 Å². The van der Waals surface area contributed by atoms with Gasteiger partial charge in [-0.25, -0.2) is 0 Å². The standard InChI is InChI=1S/C15H20ClNO3/c1-3-5-10(2)17-15(18)11-8-12(16)14-13(9-11)19-6-4-7-20-14/h8-10H,3-7H2,1-2H3,(H,17,18). The maximum atomic E-state index is 12.2. The van der Waals surface area contributed by atoms with Crippen molar-refractivity contribution < 1.29 is 14.3 Å². The zero-order chi connectivity index (χ0) is 14.5. The number of halogens is 1. The van der Waals surface area contributed by atoms with Crippen molar-refractivity contribution in [1.82, 2.24) is 5.32 Å². The van der Waals surface area contributed by atoms with Gasteiger partial charge in [0.25, 0.3) is 5.91 Å². The van der Waals surface area contributed by atoms with Crippen LogP contribution in [-0.2, 0) is 0 Å². The Morgan fingerprint density at radius 1 is 1.40 bits per heavy atom. The van der Waals surface area contributed by atoms with E-state index in [0.717, 1.165) is 19.3 Å². The first-order valence-corrected chi connectivity index (χ1v) is 7.39. The quantitative estimate of drug-likeness (QED) is 0.926. The summed E-state index contributed by atoms with van der Waals surface area (Å²) in [6, 6.07) is 3.46. The van der Waals surface area contributed by atoms with E-state index in [1.807, 2.05) is 6.92 Å². The van der Waals surface area contributed by atoms with Gasteiger partial charge in [0.15, 0.2) is 11.5 Å². The Hall–Kier alpha value is -1.42. The highest BCUT2D eigenvalue weighted by Crippen LogP contribution is 2.37. The van der Waals surface area contributed by atoms with Crippen molar-refractivity contribution in [2.45, 2.75) is 39.2 Å². The fourth-order valence-electron chi connectivity index (χ4n) is 2.17. The van der Waals surface area contributed by atoms with Crippen molar-refractivity contribution in [1.29, 1.82) is 0 Å². The SMILES string of the molecule is CCCC(C)NC(=O)c1cc(Cl)c2c(c1)OCCCO2. The number of hydrogen-bond donors (Lipinski definition) is 1. The lowest BCUT2D eigenvalue weighted by Gasteiger charge is -2.15. The third kappa shape index (κ3) is 3.57. The molecule has 1 aliphatic rings. The lowest BCUT2D eigenvalue weighted by molar-refractivity contribution is 0.0938. The van der Waals surface area contributed by atoms with Gasteiger partial charge < -0.3 is 14.8 Å². The largest absolute Gasteiger partial charge is 0.489 e. The summed E-state index contributed by atoms with van der Waals surface area (Å²) in [4.78, 5) is 12.2. The Balaban J connectivity index is 2.18. The molecule has 110 valence electrons. The van der Waals surface area contributed by atoms with E-state index in [0.29, 0.717) is 35.3 Å². The third-order valence-corrected chi connectivity index (χ3v) is 3.44. The first-order chi connectivity index (χ1) is 9.61. The molecule has 1 heterocycles. The smallest absolute Gasteiger partial charge is 0.251 e. The number of nitrogens with one attached hydrogen (secondary N) is 1. The minimum absolute atomic E-state index is 0.136. The van der Waals surface area contributed by atoms with Gasteiger partial charge in [0.1, 0.15) is 0 Å². The molecule has 1 aromatic carbocycles. The number of hydrogen-bond acceptors (Lipinski definition) is 3. The summed E-state index contributed by atoms with van der Waals surface area (Å²) in [5, 5.41) is 3.37. The van der Waals surface area contributed by atoms with Crippen LogP contribution < -0.4 is 14.8 Å². The van der Waals surface area contributed by atoms with E-state index >= 15 is 0 Å². The molecule has 0 radical (unpaired) electrons. The molecule has 0 fully saturated rings. The van der Waals surface area contributed by atoms with Gasteiger partial charge in [-0.15, -0.1) is 0 Å². The highest BCUT2D eigenvalue weighted by atomic mass is 35.5. The monoisotopic (exact) mass is 297 g/mol. The van der Waals surface area contributed by atoms with E-state index in [9.17, 15) is 4.79 Å². The van der Waals surface area contributed by atoms with E-state index in [4.69, 9.17) is 21.1 Å². The maximum absolute atomic E-state index is 12.2. The van der Waals surface area contributed by atoms with E-state index in [1.54, 1.807) is 12.1 Å². The molecule has 5 heteroatoms. The molecular formula is C15H20ClNO3. The molecule has 1 atom stereocenters. The summed E-state index contributed by atoms with van der Waals surface area (Å²) in [7, 11) is 0. The van der Waals surface area contributed by atoms with Crippen molar-refractivity contribution >= 4 is 17.5 Å². The lowest BCUT2D eigenvalue weighted by Crippen LogP contribution is -2.32. The topological polar surface area (TPSA) is 47.6 Å². The summed E-state index contributed by atoms with van der Waals surface area (Å²) in [5.74, 6) is 0.939. The summed E-state index contributed by atoms with van der Waals surface area (Å²) < 4.78 is 11.1.